The molecular weight excluding hydrogens is 202 g/mol. The highest BCUT2D eigenvalue weighted by Gasteiger charge is 2.30. The van der Waals surface area contributed by atoms with E-state index in [-0.39, 0.29) is 11.9 Å². The smallest absolute Gasteiger partial charge is 0.193 e. The van der Waals surface area contributed by atoms with E-state index in [1.807, 2.05) is 51.2 Å². The Bertz CT molecular complexity index is 437. The molecule has 1 aliphatic heterocycles. The van der Waals surface area contributed by atoms with Gasteiger partial charge >= 0.3 is 0 Å². The lowest BCUT2D eigenvalue weighted by Gasteiger charge is -2.11. The van der Waals surface area contributed by atoms with Crippen molar-refractivity contribution in [1.29, 1.82) is 0 Å². The number of carbonyl (C=O) groups is 1. The largest absolute Gasteiger partial charge is 0.289 e. The first kappa shape index (κ1) is 10.9. The first-order valence-corrected chi connectivity index (χ1v) is 5.32. The van der Waals surface area contributed by atoms with Gasteiger partial charge in [-0.3, -0.25) is 14.7 Å². The lowest BCUT2D eigenvalue weighted by Crippen LogP contribution is -2.15. The Morgan fingerprint density at radius 3 is 2.44 bits per heavy atom. The van der Waals surface area contributed by atoms with Gasteiger partial charge in [-0.05, 0) is 13.8 Å². The Hall–Kier alpha value is -1.61. The molecule has 0 fully saturated rings. The summed E-state index contributed by atoms with van der Waals surface area (Å²) < 4.78 is 0. The SMILES string of the molecule is CC1=C(C(=O)c2ccccc2)C(C)ON1C. The molecule has 3 nitrogen and oxygen atoms in total. The minimum Gasteiger partial charge on any atom is -0.289 e. The van der Waals surface area contributed by atoms with E-state index < -0.39 is 0 Å². The molecule has 2 rings (SSSR count). The van der Waals surface area contributed by atoms with E-state index in [0.29, 0.717) is 5.56 Å². The van der Waals surface area contributed by atoms with Crippen LogP contribution in [0.2, 0.25) is 0 Å². The van der Waals surface area contributed by atoms with Crippen molar-refractivity contribution in [2.45, 2.75) is 20.0 Å². The second-order valence-corrected chi connectivity index (χ2v) is 3.94. The molecule has 0 saturated heterocycles. The minimum absolute atomic E-state index is 0.0509. The number of Topliss-reactive ketones (excluding diaryl/α,β-unsaturated/α-hetero) is 1. The van der Waals surface area contributed by atoms with Crippen molar-refractivity contribution in [3.63, 3.8) is 0 Å². The van der Waals surface area contributed by atoms with E-state index in [4.69, 9.17) is 4.84 Å². The Kier molecular flexibility index (Phi) is 2.79. The summed E-state index contributed by atoms with van der Waals surface area (Å²) in [4.78, 5) is 17.7. The van der Waals surface area contributed by atoms with E-state index in [1.165, 1.54) is 0 Å². The van der Waals surface area contributed by atoms with Gasteiger partial charge in [0.2, 0.25) is 0 Å². The Morgan fingerprint density at radius 2 is 1.94 bits per heavy atom. The second kappa shape index (κ2) is 4.10. The third-order valence-electron chi connectivity index (χ3n) is 2.87. The first-order chi connectivity index (χ1) is 7.61. The van der Waals surface area contributed by atoms with E-state index in [0.717, 1.165) is 11.3 Å². The lowest BCUT2D eigenvalue weighted by atomic mass is 9.99. The van der Waals surface area contributed by atoms with Gasteiger partial charge < -0.3 is 0 Å². The van der Waals surface area contributed by atoms with Crippen molar-refractivity contribution in [2.75, 3.05) is 7.05 Å². The summed E-state index contributed by atoms with van der Waals surface area (Å²) in [6.07, 6.45) is -0.169. The maximum Gasteiger partial charge on any atom is 0.193 e. The van der Waals surface area contributed by atoms with Crippen LogP contribution < -0.4 is 0 Å². The predicted molar refractivity (Wildman–Crippen MR) is 61.8 cm³/mol. The normalized spacial score (nSPS) is 20.4. The van der Waals surface area contributed by atoms with Crippen LogP contribution in [0, 0.1) is 0 Å². The maximum absolute atomic E-state index is 12.2. The summed E-state index contributed by atoms with van der Waals surface area (Å²) in [5.41, 5.74) is 2.35. The molecule has 0 aliphatic carbocycles. The number of carbonyl (C=O) groups excluding carboxylic acids is 1. The number of ketones is 1. The molecule has 0 saturated carbocycles. The van der Waals surface area contributed by atoms with E-state index in [1.54, 1.807) is 5.06 Å². The molecule has 0 amide bonds. The van der Waals surface area contributed by atoms with Gasteiger partial charge in [-0.25, -0.2) is 0 Å². The van der Waals surface area contributed by atoms with Crippen LogP contribution in [-0.4, -0.2) is 24.0 Å². The van der Waals surface area contributed by atoms with Gasteiger partial charge in [0.25, 0.3) is 0 Å². The predicted octanol–water partition coefficient (Wildman–Crippen LogP) is 2.41. The van der Waals surface area contributed by atoms with Crippen molar-refractivity contribution in [3.8, 4) is 0 Å². The number of allylic oxidation sites excluding steroid dienone is 1. The highest BCUT2D eigenvalue weighted by molar-refractivity contribution is 6.09. The van der Waals surface area contributed by atoms with E-state index in [2.05, 4.69) is 0 Å². The first-order valence-electron chi connectivity index (χ1n) is 5.32. The molecule has 0 N–H and O–H groups in total. The van der Waals surface area contributed by atoms with Crippen molar-refractivity contribution in [3.05, 3.63) is 47.2 Å². The number of hydroxylamine groups is 2. The molecule has 1 aromatic carbocycles. The van der Waals surface area contributed by atoms with Crippen molar-refractivity contribution in [2.24, 2.45) is 0 Å². The molecule has 1 aliphatic rings. The molecule has 1 atom stereocenters. The number of hydrogen-bond donors (Lipinski definition) is 0. The van der Waals surface area contributed by atoms with Crippen molar-refractivity contribution >= 4 is 5.78 Å². The molecule has 0 aromatic heterocycles. The summed E-state index contributed by atoms with van der Waals surface area (Å²) in [6, 6.07) is 9.29. The molecule has 3 heteroatoms. The van der Waals surface area contributed by atoms with Crippen molar-refractivity contribution in [1.82, 2.24) is 5.06 Å². The summed E-state index contributed by atoms with van der Waals surface area (Å²) in [7, 11) is 1.82. The fourth-order valence-corrected chi connectivity index (χ4v) is 1.93. The quantitative estimate of drug-likeness (QED) is 0.712. The monoisotopic (exact) mass is 217 g/mol. The fraction of sp³-hybridized carbons (Fsp3) is 0.308. The third kappa shape index (κ3) is 1.74. The molecule has 0 radical (unpaired) electrons. The molecule has 84 valence electrons. The number of hydrogen-bond acceptors (Lipinski definition) is 3. The van der Waals surface area contributed by atoms with Crippen LogP contribution >= 0.6 is 0 Å². The van der Waals surface area contributed by atoms with Gasteiger partial charge in [0, 0.05) is 18.3 Å². The molecule has 0 spiro atoms. The zero-order chi connectivity index (χ0) is 11.7. The Balaban J connectivity index is 2.36. The third-order valence-corrected chi connectivity index (χ3v) is 2.87. The fourth-order valence-electron chi connectivity index (χ4n) is 1.93. The summed E-state index contributed by atoms with van der Waals surface area (Å²) in [6.45, 7) is 3.79. The number of nitrogens with zero attached hydrogens (tertiary/aromatic N) is 1. The van der Waals surface area contributed by atoms with Crippen LogP contribution in [0.3, 0.4) is 0 Å². The highest BCUT2D eigenvalue weighted by atomic mass is 16.7. The molecule has 1 heterocycles. The van der Waals surface area contributed by atoms with Gasteiger partial charge in [0.1, 0.15) is 6.10 Å². The summed E-state index contributed by atoms with van der Waals surface area (Å²) in [5.74, 6) is 0.0509. The van der Waals surface area contributed by atoms with Gasteiger partial charge in [-0.1, -0.05) is 30.3 Å². The van der Waals surface area contributed by atoms with E-state index in [9.17, 15) is 4.79 Å². The zero-order valence-electron chi connectivity index (χ0n) is 9.73. The topological polar surface area (TPSA) is 29.5 Å². The van der Waals surface area contributed by atoms with Gasteiger partial charge in [0.15, 0.2) is 5.78 Å². The second-order valence-electron chi connectivity index (χ2n) is 3.94. The molecular formula is C13H15NO2. The van der Waals surface area contributed by atoms with Crippen LogP contribution in [0.25, 0.3) is 0 Å². The number of rotatable bonds is 2. The summed E-state index contributed by atoms with van der Waals surface area (Å²) >= 11 is 0. The van der Waals surface area contributed by atoms with Crippen LogP contribution in [0.1, 0.15) is 24.2 Å². The van der Waals surface area contributed by atoms with Gasteiger partial charge in [-0.2, -0.15) is 0 Å². The Labute approximate surface area is 95.3 Å². The lowest BCUT2D eigenvalue weighted by molar-refractivity contribution is -0.113. The molecule has 1 unspecified atom stereocenters. The Morgan fingerprint density at radius 1 is 1.31 bits per heavy atom. The minimum atomic E-state index is -0.169. The van der Waals surface area contributed by atoms with Crippen LogP contribution in [0.4, 0.5) is 0 Å². The standard InChI is InChI=1S/C13H15NO2/c1-9-12(10(2)16-14(9)3)13(15)11-7-5-4-6-8-11/h4-8,10H,1-3H3. The van der Waals surface area contributed by atoms with E-state index >= 15 is 0 Å². The molecule has 16 heavy (non-hydrogen) atoms. The zero-order valence-corrected chi connectivity index (χ0v) is 9.73. The average Bonchev–Trinajstić information content (AvgIpc) is 2.54. The molecule has 1 aromatic rings. The van der Waals surface area contributed by atoms with Crippen LogP contribution in [0.15, 0.2) is 41.6 Å². The maximum atomic E-state index is 12.2. The highest BCUT2D eigenvalue weighted by Crippen LogP contribution is 2.26. The van der Waals surface area contributed by atoms with Crippen LogP contribution in [0.5, 0.6) is 0 Å². The van der Waals surface area contributed by atoms with Gasteiger partial charge in [-0.15, -0.1) is 0 Å². The van der Waals surface area contributed by atoms with Gasteiger partial charge in [0.05, 0.1) is 5.57 Å². The molecule has 0 bridgehead atoms. The number of benzene rings is 1. The van der Waals surface area contributed by atoms with Crippen molar-refractivity contribution < 1.29 is 9.63 Å². The van der Waals surface area contributed by atoms with Crippen LogP contribution in [-0.2, 0) is 4.84 Å². The average molecular weight is 217 g/mol. The summed E-state index contributed by atoms with van der Waals surface area (Å²) in [5, 5.41) is 1.65.